The molecular weight excluding hydrogens is 232 g/mol. The van der Waals surface area contributed by atoms with Gasteiger partial charge in [0, 0.05) is 17.3 Å². The zero-order valence-electron chi connectivity index (χ0n) is 9.78. The lowest BCUT2D eigenvalue weighted by Crippen LogP contribution is -2.06. The normalized spacial score (nSPS) is 10.2. The Bertz CT molecular complexity index is 480. The van der Waals surface area contributed by atoms with Crippen molar-refractivity contribution in [3.63, 3.8) is 0 Å². The minimum atomic E-state index is 0.780. The van der Waals surface area contributed by atoms with Crippen molar-refractivity contribution in [1.29, 1.82) is 0 Å². The van der Waals surface area contributed by atoms with Gasteiger partial charge in [0.2, 0.25) is 0 Å². The fraction of sp³-hybridized carbons (Fsp3) is 0.214. The highest BCUT2D eigenvalue weighted by Crippen LogP contribution is 2.10. The Hall–Kier alpha value is -1.54. The van der Waals surface area contributed by atoms with E-state index < -0.39 is 0 Å². The highest BCUT2D eigenvalue weighted by atomic mass is 35.5. The number of hydrogen-bond donors (Lipinski definition) is 1. The molecule has 0 unspecified atom stereocenters. The van der Waals surface area contributed by atoms with E-state index in [-0.39, 0.29) is 0 Å². The third-order valence-electron chi connectivity index (χ3n) is 2.52. The van der Waals surface area contributed by atoms with Gasteiger partial charge in [-0.15, -0.1) is 0 Å². The van der Waals surface area contributed by atoms with Crippen molar-refractivity contribution in [2.75, 3.05) is 11.9 Å². The highest BCUT2D eigenvalue weighted by Gasteiger charge is 1.95. The quantitative estimate of drug-likeness (QED) is 0.890. The van der Waals surface area contributed by atoms with Crippen molar-refractivity contribution in [3.8, 4) is 0 Å². The summed E-state index contributed by atoms with van der Waals surface area (Å²) in [7, 11) is 0. The molecule has 1 aromatic heterocycles. The van der Waals surface area contributed by atoms with Crippen LogP contribution in [0.5, 0.6) is 0 Å². The van der Waals surface area contributed by atoms with E-state index in [2.05, 4.69) is 10.3 Å². The first-order chi connectivity index (χ1) is 8.24. The van der Waals surface area contributed by atoms with Crippen LogP contribution in [0.3, 0.4) is 0 Å². The Balaban J connectivity index is 1.85. The summed E-state index contributed by atoms with van der Waals surface area (Å²) < 4.78 is 0. The molecule has 0 radical (unpaired) electrons. The molecule has 0 fully saturated rings. The molecule has 0 aliphatic carbocycles. The summed E-state index contributed by atoms with van der Waals surface area (Å²) in [5.74, 6) is 0.930. The van der Waals surface area contributed by atoms with Crippen LogP contribution < -0.4 is 5.32 Å². The van der Waals surface area contributed by atoms with E-state index in [1.807, 2.05) is 49.4 Å². The molecule has 17 heavy (non-hydrogen) atoms. The molecule has 1 heterocycles. The maximum atomic E-state index is 5.83. The van der Waals surface area contributed by atoms with Gasteiger partial charge in [0.05, 0.1) is 0 Å². The van der Waals surface area contributed by atoms with Crippen molar-refractivity contribution in [2.24, 2.45) is 0 Å². The van der Waals surface area contributed by atoms with Crippen LogP contribution in [0.4, 0.5) is 5.82 Å². The van der Waals surface area contributed by atoms with E-state index in [1.165, 1.54) is 5.56 Å². The molecule has 2 nitrogen and oxygen atoms in total. The molecule has 1 aromatic carbocycles. The third-order valence-corrected chi connectivity index (χ3v) is 2.77. The Kier molecular flexibility index (Phi) is 3.99. The van der Waals surface area contributed by atoms with Crippen molar-refractivity contribution in [2.45, 2.75) is 13.3 Å². The number of pyridine rings is 1. The van der Waals surface area contributed by atoms with Gasteiger partial charge in [-0.25, -0.2) is 4.98 Å². The molecule has 0 saturated heterocycles. The highest BCUT2D eigenvalue weighted by molar-refractivity contribution is 6.30. The van der Waals surface area contributed by atoms with E-state index in [1.54, 1.807) is 0 Å². The first-order valence-corrected chi connectivity index (χ1v) is 6.04. The first-order valence-electron chi connectivity index (χ1n) is 5.66. The van der Waals surface area contributed by atoms with Gasteiger partial charge >= 0.3 is 0 Å². The molecular formula is C14H15ClN2. The predicted octanol–water partition coefficient (Wildman–Crippen LogP) is 3.70. The van der Waals surface area contributed by atoms with Crippen LogP contribution in [0.1, 0.15) is 11.3 Å². The molecule has 3 heteroatoms. The van der Waals surface area contributed by atoms with Gasteiger partial charge in [-0.1, -0.05) is 29.8 Å². The molecule has 0 aliphatic heterocycles. The topological polar surface area (TPSA) is 24.9 Å². The van der Waals surface area contributed by atoms with Crippen LogP contribution in [0, 0.1) is 6.92 Å². The minimum absolute atomic E-state index is 0.780. The largest absolute Gasteiger partial charge is 0.370 e. The van der Waals surface area contributed by atoms with Gasteiger partial charge in [-0.05, 0) is 43.2 Å². The van der Waals surface area contributed by atoms with Crippen LogP contribution in [0.25, 0.3) is 0 Å². The number of anilines is 1. The lowest BCUT2D eigenvalue weighted by Gasteiger charge is -2.06. The Labute approximate surface area is 107 Å². The number of benzene rings is 1. The summed E-state index contributed by atoms with van der Waals surface area (Å²) in [4.78, 5) is 4.39. The van der Waals surface area contributed by atoms with Crippen molar-refractivity contribution in [1.82, 2.24) is 4.98 Å². The van der Waals surface area contributed by atoms with Crippen LogP contribution in [0.2, 0.25) is 5.02 Å². The fourth-order valence-electron chi connectivity index (χ4n) is 1.63. The molecule has 0 saturated carbocycles. The fourth-order valence-corrected chi connectivity index (χ4v) is 1.75. The van der Waals surface area contributed by atoms with E-state index >= 15 is 0 Å². The summed E-state index contributed by atoms with van der Waals surface area (Å²) in [5, 5.41) is 4.08. The third kappa shape index (κ3) is 3.75. The zero-order valence-corrected chi connectivity index (χ0v) is 10.5. The number of nitrogens with zero attached hydrogens (tertiary/aromatic N) is 1. The average molecular weight is 247 g/mol. The van der Waals surface area contributed by atoms with Crippen LogP contribution in [-0.2, 0) is 6.42 Å². The van der Waals surface area contributed by atoms with Crippen LogP contribution >= 0.6 is 11.6 Å². The number of hydrogen-bond acceptors (Lipinski definition) is 2. The molecule has 1 N–H and O–H groups in total. The molecule has 0 spiro atoms. The molecule has 0 bridgehead atoms. The molecule has 0 aliphatic rings. The van der Waals surface area contributed by atoms with Gasteiger partial charge in [0.15, 0.2) is 0 Å². The van der Waals surface area contributed by atoms with E-state index in [4.69, 9.17) is 11.6 Å². The monoisotopic (exact) mass is 246 g/mol. The van der Waals surface area contributed by atoms with Gasteiger partial charge in [-0.3, -0.25) is 0 Å². The maximum Gasteiger partial charge on any atom is 0.126 e. The number of nitrogens with one attached hydrogen (secondary N) is 1. The summed E-state index contributed by atoms with van der Waals surface area (Å²) in [6, 6.07) is 13.9. The Morgan fingerprint density at radius 3 is 2.59 bits per heavy atom. The van der Waals surface area contributed by atoms with Crippen molar-refractivity contribution < 1.29 is 0 Å². The lowest BCUT2D eigenvalue weighted by atomic mass is 10.1. The predicted molar refractivity (Wildman–Crippen MR) is 72.6 cm³/mol. The number of halogens is 1. The standard InChI is InChI=1S/C14H15ClN2/c1-11-3-2-4-14(17-11)16-10-9-12-5-7-13(15)8-6-12/h2-8H,9-10H2,1H3,(H,16,17). The maximum absolute atomic E-state index is 5.83. The number of aromatic nitrogens is 1. The lowest BCUT2D eigenvalue weighted by molar-refractivity contribution is 1.00. The smallest absolute Gasteiger partial charge is 0.126 e. The summed E-state index contributed by atoms with van der Waals surface area (Å²) in [6.07, 6.45) is 0.965. The summed E-state index contributed by atoms with van der Waals surface area (Å²) >= 11 is 5.83. The Morgan fingerprint density at radius 1 is 1.12 bits per heavy atom. The molecule has 0 atom stereocenters. The first kappa shape index (κ1) is 11.9. The molecule has 88 valence electrons. The molecule has 2 rings (SSSR count). The summed E-state index contributed by atoms with van der Waals surface area (Å²) in [6.45, 7) is 2.86. The van der Waals surface area contributed by atoms with E-state index in [9.17, 15) is 0 Å². The molecule has 0 amide bonds. The van der Waals surface area contributed by atoms with Crippen molar-refractivity contribution >= 4 is 17.4 Å². The zero-order chi connectivity index (χ0) is 12.1. The van der Waals surface area contributed by atoms with Crippen molar-refractivity contribution in [3.05, 3.63) is 58.7 Å². The Morgan fingerprint density at radius 2 is 1.88 bits per heavy atom. The van der Waals surface area contributed by atoms with Gasteiger partial charge in [-0.2, -0.15) is 0 Å². The second kappa shape index (κ2) is 5.69. The number of aryl methyl sites for hydroxylation is 1. The van der Waals surface area contributed by atoms with E-state index in [0.29, 0.717) is 0 Å². The molecule has 2 aromatic rings. The minimum Gasteiger partial charge on any atom is -0.370 e. The average Bonchev–Trinajstić information content (AvgIpc) is 2.32. The second-order valence-corrected chi connectivity index (χ2v) is 4.40. The SMILES string of the molecule is Cc1cccc(NCCc2ccc(Cl)cc2)n1. The van der Waals surface area contributed by atoms with Gasteiger partial charge in [0.25, 0.3) is 0 Å². The van der Waals surface area contributed by atoms with Gasteiger partial charge in [0.1, 0.15) is 5.82 Å². The van der Waals surface area contributed by atoms with Crippen LogP contribution in [0.15, 0.2) is 42.5 Å². The second-order valence-electron chi connectivity index (χ2n) is 3.97. The summed E-state index contributed by atoms with van der Waals surface area (Å²) in [5.41, 5.74) is 2.30. The van der Waals surface area contributed by atoms with E-state index in [0.717, 1.165) is 29.5 Å². The van der Waals surface area contributed by atoms with Crippen LogP contribution in [-0.4, -0.2) is 11.5 Å². The number of rotatable bonds is 4. The van der Waals surface area contributed by atoms with Gasteiger partial charge < -0.3 is 5.32 Å².